The Bertz CT molecular complexity index is 217. The number of amides is 1. The van der Waals surface area contributed by atoms with E-state index in [1.54, 1.807) is 27.7 Å². The Balaban J connectivity index is 4.02. The van der Waals surface area contributed by atoms with Crippen LogP contribution < -0.4 is 5.32 Å². The van der Waals surface area contributed by atoms with Crippen molar-refractivity contribution in [1.82, 2.24) is 5.32 Å². The predicted octanol–water partition coefficient (Wildman–Crippen LogP) is 1.32. The minimum atomic E-state index is -0.513. The summed E-state index contributed by atoms with van der Waals surface area (Å²) in [4.78, 5) is 22.4. The second-order valence-electron chi connectivity index (χ2n) is 3.19. The molecule has 0 spiro atoms. The number of ether oxygens (including phenoxy) is 2. The second kappa shape index (κ2) is 7.09. The van der Waals surface area contributed by atoms with Crippen LogP contribution in [0.3, 0.4) is 0 Å². The lowest BCUT2D eigenvalue weighted by Crippen LogP contribution is -2.40. The fourth-order valence-corrected chi connectivity index (χ4v) is 0.961. The smallest absolute Gasteiger partial charge is 0.407 e. The highest BCUT2D eigenvalue weighted by Gasteiger charge is 2.22. The zero-order valence-corrected chi connectivity index (χ0v) is 9.70. The average molecular weight is 217 g/mol. The lowest BCUT2D eigenvalue weighted by Gasteiger charge is -2.19. The van der Waals surface area contributed by atoms with E-state index in [-0.39, 0.29) is 17.9 Å². The summed E-state index contributed by atoms with van der Waals surface area (Å²) >= 11 is 0. The zero-order valence-electron chi connectivity index (χ0n) is 9.70. The van der Waals surface area contributed by atoms with Crippen LogP contribution in [0.15, 0.2) is 0 Å². The summed E-state index contributed by atoms with van der Waals surface area (Å²) in [6, 6.07) is -0.303. The van der Waals surface area contributed by atoms with Crippen LogP contribution in [0.4, 0.5) is 4.79 Å². The van der Waals surface area contributed by atoms with Crippen LogP contribution in [-0.4, -0.2) is 31.3 Å². The zero-order chi connectivity index (χ0) is 11.8. The van der Waals surface area contributed by atoms with Crippen molar-refractivity contribution in [2.45, 2.75) is 33.7 Å². The first-order chi connectivity index (χ1) is 7.02. The largest absolute Gasteiger partial charge is 0.466 e. The summed E-state index contributed by atoms with van der Waals surface area (Å²) in [5.74, 6) is -0.698. The maximum absolute atomic E-state index is 11.3. The third kappa shape index (κ3) is 5.24. The van der Waals surface area contributed by atoms with Crippen LogP contribution >= 0.6 is 0 Å². The Hall–Kier alpha value is -1.26. The van der Waals surface area contributed by atoms with E-state index in [9.17, 15) is 9.59 Å². The monoisotopic (exact) mass is 217 g/mol. The molecule has 15 heavy (non-hydrogen) atoms. The molecular formula is C10H19NO4. The molecule has 0 aliphatic heterocycles. The SMILES string of the molecule is CCOC(=O)NC(C)C(C)C(=O)OCC. The topological polar surface area (TPSA) is 64.6 Å². The molecular weight excluding hydrogens is 198 g/mol. The van der Waals surface area contributed by atoms with Crippen molar-refractivity contribution in [2.75, 3.05) is 13.2 Å². The first-order valence-electron chi connectivity index (χ1n) is 5.12. The van der Waals surface area contributed by atoms with Crippen molar-refractivity contribution in [1.29, 1.82) is 0 Å². The normalized spacial score (nSPS) is 13.9. The van der Waals surface area contributed by atoms with Gasteiger partial charge in [0.2, 0.25) is 0 Å². The third-order valence-corrected chi connectivity index (χ3v) is 2.03. The maximum atomic E-state index is 11.3. The fourth-order valence-electron chi connectivity index (χ4n) is 0.961. The number of hydrogen-bond donors (Lipinski definition) is 1. The first-order valence-corrected chi connectivity index (χ1v) is 5.12. The van der Waals surface area contributed by atoms with Crippen LogP contribution in [0.5, 0.6) is 0 Å². The maximum Gasteiger partial charge on any atom is 0.407 e. The number of alkyl carbamates (subject to hydrolysis) is 1. The van der Waals surface area contributed by atoms with E-state index in [0.29, 0.717) is 13.2 Å². The van der Waals surface area contributed by atoms with Gasteiger partial charge >= 0.3 is 12.1 Å². The number of nitrogens with one attached hydrogen (secondary N) is 1. The van der Waals surface area contributed by atoms with Gasteiger partial charge in [-0.05, 0) is 27.7 Å². The molecule has 88 valence electrons. The molecule has 0 heterocycles. The Morgan fingerprint density at radius 3 is 2.13 bits per heavy atom. The molecule has 0 aliphatic carbocycles. The van der Waals surface area contributed by atoms with Crippen molar-refractivity contribution in [3.05, 3.63) is 0 Å². The lowest BCUT2D eigenvalue weighted by molar-refractivity contribution is -0.148. The molecule has 0 saturated heterocycles. The second-order valence-corrected chi connectivity index (χ2v) is 3.19. The van der Waals surface area contributed by atoms with Gasteiger partial charge in [-0.15, -0.1) is 0 Å². The molecule has 0 bridgehead atoms. The Kier molecular flexibility index (Phi) is 6.49. The van der Waals surface area contributed by atoms with Crippen molar-refractivity contribution >= 4 is 12.1 Å². The number of esters is 1. The van der Waals surface area contributed by atoms with E-state index in [1.165, 1.54) is 0 Å². The van der Waals surface area contributed by atoms with Crippen LogP contribution in [0.1, 0.15) is 27.7 Å². The highest BCUT2D eigenvalue weighted by Crippen LogP contribution is 2.05. The number of carbonyl (C=O) groups excluding carboxylic acids is 2. The summed E-state index contributed by atoms with van der Waals surface area (Å²) in [7, 11) is 0. The molecule has 0 saturated carbocycles. The molecule has 0 radical (unpaired) electrons. The summed E-state index contributed by atoms with van der Waals surface area (Å²) in [6.07, 6.45) is -0.513. The highest BCUT2D eigenvalue weighted by molar-refractivity contribution is 5.74. The van der Waals surface area contributed by atoms with Gasteiger partial charge in [-0.2, -0.15) is 0 Å². The van der Waals surface area contributed by atoms with E-state index in [1.807, 2.05) is 0 Å². The molecule has 0 aromatic rings. The molecule has 5 nitrogen and oxygen atoms in total. The Morgan fingerprint density at radius 2 is 1.67 bits per heavy atom. The van der Waals surface area contributed by atoms with Gasteiger partial charge in [-0.3, -0.25) is 4.79 Å². The van der Waals surface area contributed by atoms with Crippen LogP contribution in [-0.2, 0) is 14.3 Å². The number of hydrogen-bond acceptors (Lipinski definition) is 4. The summed E-state index contributed by atoms with van der Waals surface area (Å²) in [5, 5.41) is 2.56. The van der Waals surface area contributed by atoms with Gasteiger partial charge in [-0.1, -0.05) is 0 Å². The van der Waals surface area contributed by atoms with Gasteiger partial charge in [0.25, 0.3) is 0 Å². The Labute approximate surface area is 90.1 Å². The van der Waals surface area contributed by atoms with E-state index >= 15 is 0 Å². The average Bonchev–Trinajstić information content (AvgIpc) is 2.17. The predicted molar refractivity (Wildman–Crippen MR) is 55.4 cm³/mol. The lowest BCUT2D eigenvalue weighted by atomic mass is 10.0. The molecule has 2 unspecified atom stereocenters. The fraction of sp³-hybridized carbons (Fsp3) is 0.800. The molecule has 1 amide bonds. The van der Waals surface area contributed by atoms with Gasteiger partial charge in [-0.25, -0.2) is 4.79 Å². The van der Waals surface area contributed by atoms with Crippen molar-refractivity contribution in [2.24, 2.45) is 5.92 Å². The Morgan fingerprint density at radius 1 is 1.13 bits per heavy atom. The molecule has 1 N–H and O–H groups in total. The van der Waals surface area contributed by atoms with E-state index in [4.69, 9.17) is 9.47 Å². The van der Waals surface area contributed by atoms with Crippen molar-refractivity contribution in [3.8, 4) is 0 Å². The molecule has 5 heteroatoms. The molecule has 0 aromatic carbocycles. The molecule has 0 aliphatic rings. The summed E-state index contributed by atoms with van der Waals surface area (Å²) in [6.45, 7) is 7.56. The minimum Gasteiger partial charge on any atom is -0.466 e. The molecule has 0 rings (SSSR count). The number of rotatable bonds is 5. The molecule has 0 fully saturated rings. The standard InChI is InChI=1S/C10H19NO4/c1-5-14-9(12)7(3)8(4)11-10(13)15-6-2/h7-8H,5-6H2,1-4H3,(H,11,13). The summed E-state index contributed by atoms with van der Waals surface area (Å²) < 4.78 is 9.54. The van der Waals surface area contributed by atoms with Gasteiger partial charge in [0.1, 0.15) is 0 Å². The van der Waals surface area contributed by atoms with Crippen LogP contribution in [0.25, 0.3) is 0 Å². The van der Waals surface area contributed by atoms with Crippen LogP contribution in [0.2, 0.25) is 0 Å². The molecule has 2 atom stereocenters. The molecule has 0 aromatic heterocycles. The van der Waals surface area contributed by atoms with Gasteiger partial charge < -0.3 is 14.8 Å². The van der Waals surface area contributed by atoms with Gasteiger partial charge in [0.05, 0.1) is 19.1 Å². The third-order valence-electron chi connectivity index (χ3n) is 2.03. The van der Waals surface area contributed by atoms with Crippen molar-refractivity contribution in [3.63, 3.8) is 0 Å². The highest BCUT2D eigenvalue weighted by atomic mass is 16.5. The number of carbonyl (C=O) groups is 2. The van der Waals surface area contributed by atoms with E-state index in [0.717, 1.165) is 0 Å². The first kappa shape index (κ1) is 13.7. The van der Waals surface area contributed by atoms with Crippen molar-refractivity contribution < 1.29 is 19.1 Å². The van der Waals surface area contributed by atoms with Gasteiger partial charge in [0, 0.05) is 6.04 Å². The summed E-state index contributed by atoms with van der Waals surface area (Å²) in [5.41, 5.74) is 0. The van der Waals surface area contributed by atoms with Crippen LogP contribution in [0, 0.1) is 5.92 Å². The minimum absolute atomic E-state index is 0.303. The van der Waals surface area contributed by atoms with E-state index in [2.05, 4.69) is 5.32 Å². The van der Waals surface area contributed by atoms with E-state index < -0.39 is 6.09 Å². The quantitative estimate of drug-likeness (QED) is 0.705. The van der Waals surface area contributed by atoms with Gasteiger partial charge in [0.15, 0.2) is 0 Å².